The highest BCUT2D eigenvalue weighted by Gasteiger charge is 2.44. The second-order valence-corrected chi connectivity index (χ2v) is 25.7. The normalized spacial score (nSPS) is 18.1. The molecule has 1 heterocycles. The quantitative estimate of drug-likeness (QED) is 0.0195. The van der Waals surface area contributed by atoms with Crippen LogP contribution in [0.1, 0.15) is 367 Å². The third-order valence-electron chi connectivity index (χ3n) is 17.6. The molecule has 0 aromatic carbocycles. The van der Waals surface area contributed by atoms with E-state index in [2.05, 4.69) is 31.3 Å². The molecule has 0 spiro atoms. The van der Waals surface area contributed by atoms with Crippen LogP contribution in [0.4, 0.5) is 0 Å². The first-order valence-electron chi connectivity index (χ1n) is 36.6. The maximum absolute atomic E-state index is 13.0. The monoisotopic (exact) mass is 1190 g/mol. The topological polar surface area (TPSA) is 175 Å². The number of unbranched alkanes of at least 4 members (excludes halogenated alkanes) is 49. The zero-order valence-electron chi connectivity index (χ0n) is 55.1. The van der Waals surface area contributed by atoms with Gasteiger partial charge in [-0.3, -0.25) is 9.59 Å². The molecule has 84 heavy (non-hydrogen) atoms. The third-order valence-corrected chi connectivity index (χ3v) is 17.6. The van der Waals surface area contributed by atoms with E-state index in [1.807, 2.05) is 6.08 Å². The van der Waals surface area contributed by atoms with Crippen LogP contribution in [0.15, 0.2) is 24.3 Å². The van der Waals surface area contributed by atoms with E-state index in [9.17, 15) is 35.1 Å². The number of esters is 1. The summed E-state index contributed by atoms with van der Waals surface area (Å²) in [5.41, 5.74) is 0. The predicted molar refractivity (Wildman–Crippen MR) is 352 cm³/mol. The lowest BCUT2D eigenvalue weighted by Gasteiger charge is -2.40. The van der Waals surface area contributed by atoms with Crippen molar-refractivity contribution in [2.45, 2.75) is 410 Å². The zero-order valence-corrected chi connectivity index (χ0v) is 55.1. The first-order valence-corrected chi connectivity index (χ1v) is 36.6. The van der Waals surface area contributed by atoms with Gasteiger partial charge in [0.1, 0.15) is 24.4 Å². The molecule has 6 N–H and O–H groups in total. The average molecular weight is 1190 g/mol. The minimum absolute atomic E-state index is 0.0129. The van der Waals surface area contributed by atoms with Crippen molar-refractivity contribution in [3.8, 4) is 0 Å². The summed E-state index contributed by atoms with van der Waals surface area (Å²) in [5.74, 6) is -0.168. The highest BCUT2D eigenvalue weighted by atomic mass is 16.7. The van der Waals surface area contributed by atoms with Crippen molar-refractivity contribution < 1.29 is 49.3 Å². The molecule has 0 aliphatic carbocycles. The standard InChI is InChI=1S/C73H139NO10/c1-3-5-7-9-11-13-14-15-16-17-32-35-38-41-45-49-53-57-61-69(78)82-62-58-54-50-46-42-39-36-33-30-28-26-24-22-20-18-19-21-23-25-27-29-31-34-37-40-44-48-52-56-60-68(77)74-65(66(76)59-55-51-47-43-12-10-8-6-4-2)64-83-73-72(81)71(80)70(79)67(63-75)84-73/h18,20,55,59,65-67,70-73,75-76,79-81H,3-17,19,21-54,56-58,60-64H2,1-2H3,(H,74,77)/b20-18-,59-55+. The van der Waals surface area contributed by atoms with Gasteiger partial charge in [0, 0.05) is 12.8 Å². The molecule has 1 fully saturated rings. The van der Waals surface area contributed by atoms with Crippen molar-refractivity contribution in [3.63, 3.8) is 0 Å². The van der Waals surface area contributed by atoms with Gasteiger partial charge in [-0.15, -0.1) is 0 Å². The third kappa shape index (κ3) is 51.1. The van der Waals surface area contributed by atoms with Crippen LogP contribution in [-0.4, -0.2) is 100 Å². The Morgan fingerprint density at radius 2 is 0.762 bits per heavy atom. The van der Waals surface area contributed by atoms with Crippen LogP contribution in [0.25, 0.3) is 0 Å². The molecule has 11 nitrogen and oxygen atoms in total. The minimum Gasteiger partial charge on any atom is -0.466 e. The van der Waals surface area contributed by atoms with Gasteiger partial charge in [-0.25, -0.2) is 0 Å². The van der Waals surface area contributed by atoms with Gasteiger partial charge in [-0.1, -0.05) is 321 Å². The smallest absolute Gasteiger partial charge is 0.305 e. The molecule has 0 bridgehead atoms. The summed E-state index contributed by atoms with van der Waals surface area (Å²) >= 11 is 0. The van der Waals surface area contributed by atoms with Crippen molar-refractivity contribution in [1.29, 1.82) is 0 Å². The molecule has 11 heteroatoms. The summed E-state index contributed by atoms with van der Waals surface area (Å²) in [5, 5.41) is 54.3. The van der Waals surface area contributed by atoms with Crippen molar-refractivity contribution >= 4 is 11.9 Å². The molecule has 0 saturated carbocycles. The van der Waals surface area contributed by atoms with E-state index in [0.29, 0.717) is 19.4 Å². The lowest BCUT2D eigenvalue weighted by molar-refractivity contribution is -0.302. The first kappa shape index (κ1) is 80.2. The summed E-state index contributed by atoms with van der Waals surface area (Å²) < 4.78 is 16.7. The Labute approximate surface area is 518 Å². The molecule has 1 aliphatic heterocycles. The Bertz CT molecular complexity index is 1440. The molecular weight excluding hydrogens is 1050 g/mol. The molecule has 0 aromatic heterocycles. The molecule has 7 unspecified atom stereocenters. The number of aliphatic hydroxyl groups is 5. The molecule has 0 radical (unpaired) electrons. The van der Waals surface area contributed by atoms with Crippen molar-refractivity contribution in [3.05, 3.63) is 24.3 Å². The molecular formula is C73H139NO10. The number of carbonyl (C=O) groups excluding carboxylic acids is 2. The molecule has 496 valence electrons. The maximum Gasteiger partial charge on any atom is 0.305 e. The number of hydrogen-bond donors (Lipinski definition) is 6. The van der Waals surface area contributed by atoms with Gasteiger partial charge < -0.3 is 45.1 Å². The number of amides is 1. The highest BCUT2D eigenvalue weighted by molar-refractivity contribution is 5.76. The van der Waals surface area contributed by atoms with Gasteiger partial charge >= 0.3 is 5.97 Å². The SMILES string of the molecule is CCCCCCCCC/C=C/C(O)C(COC1OC(CO)C(O)C(O)C1O)NC(=O)CCCCCCCCCCCCCCC/C=C\CCCCCCCCCCCCCCOC(=O)CCCCCCCCCCCCCCCCCCCC. The Balaban J connectivity index is 1.89. The van der Waals surface area contributed by atoms with E-state index in [4.69, 9.17) is 14.2 Å². The van der Waals surface area contributed by atoms with Crippen LogP contribution >= 0.6 is 0 Å². The van der Waals surface area contributed by atoms with Crippen molar-refractivity contribution in [2.75, 3.05) is 19.8 Å². The van der Waals surface area contributed by atoms with Crippen LogP contribution in [0, 0.1) is 0 Å². The molecule has 1 rings (SSSR count). The minimum atomic E-state index is -1.57. The van der Waals surface area contributed by atoms with E-state index in [-0.39, 0.29) is 18.5 Å². The van der Waals surface area contributed by atoms with Crippen LogP contribution in [-0.2, 0) is 23.8 Å². The molecule has 7 atom stereocenters. The molecule has 0 aromatic rings. The number of ether oxygens (including phenoxy) is 3. The van der Waals surface area contributed by atoms with Crippen LogP contribution in [0.2, 0.25) is 0 Å². The molecule has 1 aliphatic rings. The first-order chi connectivity index (χ1) is 41.2. The summed E-state index contributed by atoms with van der Waals surface area (Å²) in [6, 6.07) is -0.808. The fourth-order valence-corrected chi connectivity index (χ4v) is 11.8. The average Bonchev–Trinajstić information content (AvgIpc) is 3.59. The van der Waals surface area contributed by atoms with E-state index in [1.54, 1.807) is 6.08 Å². The number of hydrogen-bond acceptors (Lipinski definition) is 10. The number of allylic oxidation sites excluding steroid dienone is 3. The maximum atomic E-state index is 13.0. The summed E-state index contributed by atoms with van der Waals surface area (Å²) in [7, 11) is 0. The predicted octanol–water partition coefficient (Wildman–Crippen LogP) is 18.8. The lowest BCUT2D eigenvalue weighted by atomic mass is 9.99. The molecule has 1 amide bonds. The molecule has 1 saturated heterocycles. The van der Waals surface area contributed by atoms with Crippen molar-refractivity contribution in [1.82, 2.24) is 5.32 Å². The lowest BCUT2D eigenvalue weighted by Crippen LogP contribution is -2.60. The van der Waals surface area contributed by atoms with E-state index in [1.165, 1.54) is 289 Å². The second kappa shape index (κ2) is 62.7. The fraction of sp³-hybridized carbons (Fsp3) is 0.918. The van der Waals surface area contributed by atoms with Crippen LogP contribution < -0.4 is 5.32 Å². The zero-order chi connectivity index (χ0) is 60.9. The number of aliphatic hydroxyl groups excluding tert-OH is 5. The van der Waals surface area contributed by atoms with Gasteiger partial charge in [0.2, 0.25) is 5.91 Å². The van der Waals surface area contributed by atoms with Gasteiger partial charge in [-0.05, 0) is 57.8 Å². The fourth-order valence-electron chi connectivity index (χ4n) is 11.8. The van der Waals surface area contributed by atoms with Gasteiger partial charge in [0.05, 0.1) is 32.0 Å². The van der Waals surface area contributed by atoms with E-state index in [0.717, 1.165) is 51.4 Å². The number of carbonyl (C=O) groups is 2. The van der Waals surface area contributed by atoms with Crippen LogP contribution in [0.5, 0.6) is 0 Å². The number of nitrogens with one attached hydrogen (secondary N) is 1. The van der Waals surface area contributed by atoms with E-state index < -0.39 is 49.5 Å². The Hall–Kier alpha value is -1.86. The van der Waals surface area contributed by atoms with Crippen LogP contribution in [0.3, 0.4) is 0 Å². The summed E-state index contributed by atoms with van der Waals surface area (Å²) in [6.45, 7) is 4.36. The number of rotatable bonds is 65. The van der Waals surface area contributed by atoms with Gasteiger partial charge in [0.15, 0.2) is 6.29 Å². The van der Waals surface area contributed by atoms with Gasteiger partial charge in [-0.2, -0.15) is 0 Å². The Kier molecular flexibility index (Phi) is 59.9. The van der Waals surface area contributed by atoms with E-state index >= 15 is 0 Å². The Morgan fingerprint density at radius 1 is 0.429 bits per heavy atom. The van der Waals surface area contributed by atoms with Gasteiger partial charge in [0.25, 0.3) is 0 Å². The largest absolute Gasteiger partial charge is 0.466 e. The Morgan fingerprint density at radius 3 is 1.14 bits per heavy atom. The van der Waals surface area contributed by atoms with Crippen molar-refractivity contribution in [2.24, 2.45) is 0 Å². The summed E-state index contributed by atoms with van der Waals surface area (Å²) in [6.07, 6.45) is 69.1. The second-order valence-electron chi connectivity index (χ2n) is 25.7. The highest BCUT2D eigenvalue weighted by Crippen LogP contribution is 2.23. The summed E-state index contributed by atoms with van der Waals surface area (Å²) in [4.78, 5) is 25.1.